The summed E-state index contributed by atoms with van der Waals surface area (Å²) in [5.41, 5.74) is 1.78. The number of esters is 1. The van der Waals surface area contributed by atoms with Gasteiger partial charge in [-0.25, -0.2) is 0 Å². The molecule has 0 unspecified atom stereocenters. The van der Waals surface area contributed by atoms with Crippen LogP contribution in [0.3, 0.4) is 0 Å². The summed E-state index contributed by atoms with van der Waals surface area (Å²) >= 11 is 0. The summed E-state index contributed by atoms with van der Waals surface area (Å²) in [5, 5.41) is 39.8. The lowest BCUT2D eigenvalue weighted by Gasteiger charge is -2.21. The number of aliphatic hydroxyl groups excluding tert-OH is 1. The molecule has 1 heterocycles. The van der Waals surface area contributed by atoms with Crippen LogP contribution >= 0.6 is 0 Å². The van der Waals surface area contributed by atoms with Crippen molar-refractivity contribution in [1.82, 2.24) is 4.57 Å². The molecule has 0 aliphatic heterocycles. The quantitative estimate of drug-likeness (QED) is 0.269. The number of hydrogen-bond donors (Lipinski definition) is 4. The van der Waals surface area contributed by atoms with Crippen LogP contribution < -0.4 is 10.3 Å². The highest BCUT2D eigenvalue weighted by Gasteiger charge is 2.27. The van der Waals surface area contributed by atoms with Crippen molar-refractivity contribution in [1.29, 1.82) is 0 Å². The molecule has 0 amide bonds. The number of hydrogen-bond acceptors (Lipinski definition) is 8. The molecule has 0 spiro atoms. The molecule has 9 nitrogen and oxygen atoms in total. The van der Waals surface area contributed by atoms with Crippen LogP contribution in [0, 0.1) is 6.92 Å². The molecule has 0 saturated carbocycles. The number of ether oxygens (including phenoxy) is 2. The van der Waals surface area contributed by atoms with E-state index in [4.69, 9.17) is 9.47 Å². The standard InChI is InChI=1S/C26H29NO8/c1-15-10-22(31)25(26(33)27(15)9-8-16-4-6-20(29)21(30)11-16)19(13-24(32)35-3)17-5-7-23(34-2)18(12-17)14-28/h4-7,10-12,19,28-31H,8-9,13-14H2,1-3H3/t19-/m0/s1. The van der Waals surface area contributed by atoms with E-state index in [9.17, 15) is 30.0 Å². The molecule has 0 bridgehead atoms. The minimum atomic E-state index is -0.837. The number of benzene rings is 2. The minimum Gasteiger partial charge on any atom is -0.507 e. The fourth-order valence-corrected chi connectivity index (χ4v) is 4.11. The lowest BCUT2D eigenvalue weighted by Crippen LogP contribution is -2.29. The van der Waals surface area contributed by atoms with Crippen LogP contribution in [0.2, 0.25) is 0 Å². The van der Waals surface area contributed by atoms with Crippen molar-refractivity contribution in [2.45, 2.75) is 38.8 Å². The summed E-state index contributed by atoms with van der Waals surface area (Å²) in [4.78, 5) is 25.9. The molecule has 0 aliphatic carbocycles. The predicted molar refractivity (Wildman–Crippen MR) is 128 cm³/mol. The number of aliphatic hydroxyl groups is 1. The Morgan fingerprint density at radius 3 is 2.37 bits per heavy atom. The second-order valence-corrected chi connectivity index (χ2v) is 8.18. The van der Waals surface area contributed by atoms with Crippen molar-refractivity contribution in [3.05, 3.63) is 80.8 Å². The third kappa shape index (κ3) is 5.58. The number of aromatic nitrogens is 1. The molecule has 186 valence electrons. The molecular formula is C26H29NO8. The van der Waals surface area contributed by atoms with Gasteiger partial charge in [0.05, 0.1) is 32.8 Å². The number of aromatic hydroxyl groups is 3. The van der Waals surface area contributed by atoms with Crippen LogP contribution in [0.5, 0.6) is 23.0 Å². The first kappa shape index (κ1) is 25.6. The van der Waals surface area contributed by atoms with Gasteiger partial charge in [0.2, 0.25) is 0 Å². The van der Waals surface area contributed by atoms with Gasteiger partial charge in [-0.3, -0.25) is 9.59 Å². The van der Waals surface area contributed by atoms with E-state index in [1.807, 2.05) is 0 Å². The van der Waals surface area contributed by atoms with E-state index >= 15 is 0 Å². The lowest BCUT2D eigenvalue weighted by molar-refractivity contribution is -0.140. The van der Waals surface area contributed by atoms with Gasteiger partial charge < -0.3 is 34.5 Å². The third-order valence-corrected chi connectivity index (χ3v) is 6.01. The minimum absolute atomic E-state index is 0.0311. The molecule has 3 aromatic rings. The Morgan fingerprint density at radius 2 is 1.74 bits per heavy atom. The lowest BCUT2D eigenvalue weighted by atomic mass is 9.87. The Hall–Kier alpha value is -3.98. The van der Waals surface area contributed by atoms with Gasteiger partial charge in [0.25, 0.3) is 5.56 Å². The van der Waals surface area contributed by atoms with Crippen LogP contribution in [-0.4, -0.2) is 45.2 Å². The van der Waals surface area contributed by atoms with Crippen molar-refractivity contribution < 1.29 is 34.7 Å². The first-order valence-corrected chi connectivity index (χ1v) is 11.0. The highest BCUT2D eigenvalue weighted by molar-refractivity contribution is 5.71. The van der Waals surface area contributed by atoms with Gasteiger partial charge in [0, 0.05) is 23.7 Å². The largest absolute Gasteiger partial charge is 0.507 e. The van der Waals surface area contributed by atoms with Gasteiger partial charge in [-0.05, 0) is 54.8 Å². The van der Waals surface area contributed by atoms with E-state index in [2.05, 4.69) is 0 Å². The Labute approximate surface area is 202 Å². The maximum Gasteiger partial charge on any atom is 0.306 e. The van der Waals surface area contributed by atoms with Crippen molar-refractivity contribution in [3.63, 3.8) is 0 Å². The molecular weight excluding hydrogens is 454 g/mol. The molecule has 1 atom stereocenters. The Kier molecular flexibility index (Phi) is 8.03. The number of rotatable bonds is 9. The zero-order chi connectivity index (χ0) is 25.7. The fourth-order valence-electron chi connectivity index (χ4n) is 4.11. The summed E-state index contributed by atoms with van der Waals surface area (Å²) in [6.07, 6.45) is 0.170. The Balaban J connectivity index is 2.08. The van der Waals surface area contributed by atoms with Gasteiger partial charge in [-0.15, -0.1) is 0 Å². The monoisotopic (exact) mass is 483 g/mol. The molecule has 4 N–H and O–H groups in total. The second-order valence-electron chi connectivity index (χ2n) is 8.18. The van der Waals surface area contributed by atoms with Crippen molar-refractivity contribution >= 4 is 5.97 Å². The molecule has 0 saturated heterocycles. The smallest absolute Gasteiger partial charge is 0.306 e. The van der Waals surface area contributed by atoms with E-state index in [0.717, 1.165) is 0 Å². The second kappa shape index (κ2) is 11.0. The first-order chi connectivity index (χ1) is 16.7. The van der Waals surface area contributed by atoms with E-state index in [1.165, 1.54) is 37.0 Å². The van der Waals surface area contributed by atoms with E-state index < -0.39 is 17.4 Å². The number of pyridine rings is 1. The topological polar surface area (TPSA) is 138 Å². The third-order valence-electron chi connectivity index (χ3n) is 6.01. The number of aryl methyl sites for hydroxylation is 2. The SMILES string of the molecule is COC(=O)C[C@@H](c1ccc(OC)c(CO)c1)c1c(O)cc(C)n(CCc2ccc(O)c(O)c2)c1=O. The maximum atomic E-state index is 13.6. The summed E-state index contributed by atoms with van der Waals surface area (Å²) in [7, 11) is 2.71. The van der Waals surface area contributed by atoms with E-state index in [1.54, 1.807) is 31.2 Å². The summed E-state index contributed by atoms with van der Waals surface area (Å²) in [6.45, 7) is 1.61. The molecule has 1 aromatic heterocycles. The fraction of sp³-hybridized carbons (Fsp3) is 0.308. The summed E-state index contributed by atoms with van der Waals surface area (Å²) < 4.78 is 11.6. The van der Waals surface area contributed by atoms with Gasteiger partial charge in [-0.2, -0.15) is 0 Å². The van der Waals surface area contributed by atoms with Gasteiger partial charge in [0.1, 0.15) is 11.5 Å². The maximum absolute atomic E-state index is 13.6. The van der Waals surface area contributed by atoms with Gasteiger partial charge in [-0.1, -0.05) is 12.1 Å². The van der Waals surface area contributed by atoms with Crippen molar-refractivity contribution in [2.24, 2.45) is 0 Å². The number of phenols is 2. The predicted octanol–water partition coefficient (Wildman–Crippen LogP) is 2.71. The van der Waals surface area contributed by atoms with Crippen LogP contribution in [0.1, 0.15) is 40.3 Å². The van der Waals surface area contributed by atoms with Crippen molar-refractivity contribution in [3.8, 4) is 23.0 Å². The highest BCUT2D eigenvalue weighted by Crippen LogP contribution is 2.35. The molecule has 0 fully saturated rings. The summed E-state index contributed by atoms with van der Waals surface area (Å²) in [5.74, 6) is -1.69. The van der Waals surface area contributed by atoms with Gasteiger partial charge in [0.15, 0.2) is 11.5 Å². The average molecular weight is 484 g/mol. The Bertz CT molecular complexity index is 1280. The molecule has 2 aromatic carbocycles. The molecule has 3 rings (SSSR count). The number of nitrogens with zero attached hydrogens (tertiary/aromatic N) is 1. The first-order valence-electron chi connectivity index (χ1n) is 11.0. The zero-order valence-electron chi connectivity index (χ0n) is 19.8. The molecule has 0 radical (unpaired) electrons. The number of methoxy groups -OCH3 is 2. The molecule has 35 heavy (non-hydrogen) atoms. The van der Waals surface area contributed by atoms with Crippen LogP contribution in [-0.2, 0) is 29.1 Å². The van der Waals surface area contributed by atoms with E-state index in [-0.39, 0.29) is 42.4 Å². The van der Waals surface area contributed by atoms with Gasteiger partial charge >= 0.3 is 5.97 Å². The zero-order valence-corrected chi connectivity index (χ0v) is 19.8. The molecule has 9 heteroatoms. The number of carbonyl (C=O) groups is 1. The Morgan fingerprint density at radius 1 is 1.00 bits per heavy atom. The average Bonchev–Trinajstić information content (AvgIpc) is 2.84. The highest BCUT2D eigenvalue weighted by atomic mass is 16.5. The van der Waals surface area contributed by atoms with Crippen LogP contribution in [0.15, 0.2) is 47.3 Å². The van der Waals surface area contributed by atoms with Crippen LogP contribution in [0.25, 0.3) is 0 Å². The summed E-state index contributed by atoms with van der Waals surface area (Å²) in [6, 6.07) is 10.8. The number of phenolic OH excluding ortho intramolecular Hbond substituents is 2. The normalized spacial score (nSPS) is 11.8. The van der Waals surface area contributed by atoms with E-state index in [0.29, 0.717) is 34.6 Å². The van der Waals surface area contributed by atoms with Crippen LogP contribution in [0.4, 0.5) is 0 Å². The molecule has 0 aliphatic rings. The van der Waals surface area contributed by atoms with Crippen molar-refractivity contribution in [2.75, 3.05) is 14.2 Å². The number of carbonyl (C=O) groups excluding carboxylic acids is 1.